The minimum atomic E-state index is -4.73. The quantitative estimate of drug-likeness (QED) is 0.278. The molecule has 1 aromatic heterocycles. The Morgan fingerprint density at radius 1 is 1.00 bits per heavy atom. The van der Waals surface area contributed by atoms with Gasteiger partial charge in [-0.15, -0.1) is 18.3 Å². The molecule has 1 heterocycles. The van der Waals surface area contributed by atoms with Gasteiger partial charge in [0.25, 0.3) is 0 Å². The topological polar surface area (TPSA) is 64.0 Å². The van der Waals surface area contributed by atoms with E-state index in [1.165, 1.54) is 40.8 Å². The highest BCUT2D eigenvalue weighted by Crippen LogP contribution is 2.25. The van der Waals surface area contributed by atoms with E-state index in [1.54, 1.807) is 0 Å². The molecule has 10 heteroatoms. The molecule has 0 saturated heterocycles. The Kier molecular flexibility index (Phi) is 7.54. The molecule has 0 radical (unpaired) electrons. The van der Waals surface area contributed by atoms with E-state index in [4.69, 9.17) is 12.2 Å². The summed E-state index contributed by atoms with van der Waals surface area (Å²) in [7, 11) is 0. The lowest BCUT2D eigenvalue weighted by Gasteiger charge is -2.16. The molecule has 0 atom stereocenters. The number of nitrogens with zero attached hydrogens (tertiary/aromatic N) is 3. The fraction of sp³-hybridized carbons (Fsp3) is 0.192. The number of alkyl halides is 3. The molecule has 36 heavy (non-hydrogen) atoms. The number of hydrogen-bond acceptors (Lipinski definition) is 4. The van der Waals surface area contributed by atoms with Gasteiger partial charge in [0, 0.05) is 17.8 Å². The average molecular weight is 512 g/mol. The predicted octanol–water partition coefficient (Wildman–Crippen LogP) is 6.44. The summed E-state index contributed by atoms with van der Waals surface area (Å²) in [5.41, 5.74) is 4.58. The molecule has 0 bridgehead atoms. The van der Waals surface area contributed by atoms with Crippen LogP contribution in [0.15, 0.2) is 79.1 Å². The summed E-state index contributed by atoms with van der Waals surface area (Å²) in [6.45, 7) is 4.82. The molecule has 0 spiro atoms. The van der Waals surface area contributed by atoms with Crippen LogP contribution in [0.4, 0.5) is 18.9 Å². The Bertz CT molecular complexity index is 1320. The number of ether oxygens (including phenoxy) is 1. The molecule has 6 nitrogen and oxygen atoms in total. The van der Waals surface area contributed by atoms with E-state index in [2.05, 4.69) is 45.4 Å². The zero-order valence-electron chi connectivity index (χ0n) is 19.6. The highest BCUT2D eigenvalue weighted by Gasteiger charge is 2.31. The number of benzene rings is 3. The van der Waals surface area contributed by atoms with E-state index in [0.717, 1.165) is 16.8 Å². The van der Waals surface area contributed by atoms with Gasteiger partial charge in [0.05, 0.1) is 5.69 Å². The number of halogens is 3. The fourth-order valence-corrected chi connectivity index (χ4v) is 3.74. The normalized spacial score (nSPS) is 11.4. The number of anilines is 1. The SMILES string of the molecule is CC(C)c1ccccc1NC(=S)NCc1ccc(-c2ncn(-c3ccc(OC(F)(F)F)cc3)n2)cc1. The van der Waals surface area contributed by atoms with Crippen molar-refractivity contribution in [1.29, 1.82) is 0 Å². The van der Waals surface area contributed by atoms with Crippen LogP contribution in [0.1, 0.15) is 30.9 Å². The zero-order chi connectivity index (χ0) is 25.7. The fourth-order valence-electron chi connectivity index (χ4n) is 3.56. The molecular weight excluding hydrogens is 487 g/mol. The van der Waals surface area contributed by atoms with Crippen LogP contribution >= 0.6 is 12.2 Å². The highest BCUT2D eigenvalue weighted by molar-refractivity contribution is 7.80. The summed E-state index contributed by atoms with van der Waals surface area (Å²) in [4.78, 5) is 4.31. The van der Waals surface area contributed by atoms with Gasteiger partial charge in [0.1, 0.15) is 12.1 Å². The van der Waals surface area contributed by atoms with Crippen LogP contribution in [-0.4, -0.2) is 26.2 Å². The summed E-state index contributed by atoms with van der Waals surface area (Å²) in [6.07, 6.45) is -3.23. The number of thiocarbonyl (C=S) groups is 1. The number of nitrogens with one attached hydrogen (secondary N) is 2. The molecule has 4 aromatic rings. The van der Waals surface area contributed by atoms with Crippen molar-refractivity contribution in [2.24, 2.45) is 0 Å². The van der Waals surface area contributed by atoms with Crippen molar-refractivity contribution in [3.05, 3.63) is 90.3 Å². The Morgan fingerprint density at radius 3 is 2.36 bits per heavy atom. The van der Waals surface area contributed by atoms with Crippen molar-refractivity contribution in [2.45, 2.75) is 32.7 Å². The van der Waals surface area contributed by atoms with Crippen LogP contribution in [0.5, 0.6) is 5.75 Å². The van der Waals surface area contributed by atoms with Gasteiger partial charge in [-0.2, -0.15) is 0 Å². The van der Waals surface area contributed by atoms with Crippen molar-refractivity contribution >= 4 is 23.0 Å². The Hall–Kier alpha value is -3.92. The lowest BCUT2D eigenvalue weighted by atomic mass is 10.0. The van der Waals surface area contributed by atoms with Crippen LogP contribution in [0, 0.1) is 0 Å². The first kappa shape index (κ1) is 25.2. The van der Waals surface area contributed by atoms with Crippen LogP contribution in [0.2, 0.25) is 0 Å². The van der Waals surface area contributed by atoms with Gasteiger partial charge in [-0.1, -0.05) is 56.3 Å². The summed E-state index contributed by atoms with van der Waals surface area (Å²) in [5, 5.41) is 11.5. The van der Waals surface area contributed by atoms with Crippen molar-refractivity contribution < 1.29 is 17.9 Å². The second kappa shape index (κ2) is 10.8. The standard InChI is InChI=1S/C26H24F3N5OS/c1-17(2)22-5-3-4-6-23(22)32-25(36)30-15-18-7-9-19(10-8-18)24-31-16-34(33-24)20-11-13-21(14-12-20)35-26(27,28)29/h3-14,16-17H,15H2,1-2H3,(H2,30,32,36). The predicted molar refractivity (Wildman–Crippen MR) is 137 cm³/mol. The van der Waals surface area contributed by atoms with Crippen LogP contribution in [-0.2, 0) is 6.54 Å². The first-order valence-electron chi connectivity index (χ1n) is 11.2. The van der Waals surface area contributed by atoms with E-state index in [-0.39, 0.29) is 5.75 Å². The number of rotatable bonds is 7. The molecule has 186 valence electrons. The van der Waals surface area contributed by atoms with Crippen molar-refractivity contribution in [3.8, 4) is 22.8 Å². The highest BCUT2D eigenvalue weighted by atomic mass is 32.1. The second-order valence-corrected chi connectivity index (χ2v) is 8.71. The third kappa shape index (κ3) is 6.60. The summed E-state index contributed by atoms with van der Waals surface area (Å²) in [5.74, 6) is 0.575. The summed E-state index contributed by atoms with van der Waals surface area (Å²) >= 11 is 5.46. The van der Waals surface area contributed by atoms with Crippen LogP contribution < -0.4 is 15.4 Å². The largest absolute Gasteiger partial charge is 0.573 e. The van der Waals surface area contributed by atoms with Crippen molar-refractivity contribution in [2.75, 3.05) is 5.32 Å². The molecular formula is C26H24F3N5OS. The number of para-hydroxylation sites is 1. The second-order valence-electron chi connectivity index (χ2n) is 8.30. The lowest BCUT2D eigenvalue weighted by molar-refractivity contribution is -0.274. The molecule has 0 aliphatic carbocycles. The third-order valence-corrected chi connectivity index (χ3v) is 5.57. The minimum absolute atomic E-state index is 0.297. The maximum Gasteiger partial charge on any atom is 0.573 e. The number of aromatic nitrogens is 3. The minimum Gasteiger partial charge on any atom is -0.406 e. The van der Waals surface area contributed by atoms with Crippen LogP contribution in [0.3, 0.4) is 0 Å². The van der Waals surface area contributed by atoms with Crippen molar-refractivity contribution in [3.63, 3.8) is 0 Å². The monoisotopic (exact) mass is 511 g/mol. The molecule has 3 aromatic carbocycles. The van der Waals surface area contributed by atoms with Gasteiger partial charge in [-0.05, 0) is 59.6 Å². The first-order chi connectivity index (χ1) is 17.2. The van der Waals surface area contributed by atoms with E-state index in [9.17, 15) is 13.2 Å². The van der Waals surface area contributed by atoms with Crippen LogP contribution in [0.25, 0.3) is 17.1 Å². The van der Waals surface area contributed by atoms with Gasteiger partial charge in [0.2, 0.25) is 0 Å². The van der Waals surface area contributed by atoms with E-state index >= 15 is 0 Å². The molecule has 0 aliphatic heterocycles. The number of hydrogen-bond donors (Lipinski definition) is 2. The molecule has 2 N–H and O–H groups in total. The molecule has 0 aliphatic rings. The summed E-state index contributed by atoms with van der Waals surface area (Å²) < 4.78 is 42.4. The molecule has 0 fully saturated rings. The van der Waals surface area contributed by atoms with Gasteiger partial charge in [0.15, 0.2) is 10.9 Å². The molecule has 0 unspecified atom stereocenters. The van der Waals surface area contributed by atoms with Gasteiger partial charge in [-0.25, -0.2) is 9.67 Å². The average Bonchev–Trinajstić information content (AvgIpc) is 3.33. The van der Waals surface area contributed by atoms with Gasteiger partial charge >= 0.3 is 6.36 Å². The van der Waals surface area contributed by atoms with Gasteiger partial charge in [-0.3, -0.25) is 0 Å². The maximum absolute atomic E-state index is 12.3. The smallest absolute Gasteiger partial charge is 0.406 e. The maximum atomic E-state index is 12.3. The lowest BCUT2D eigenvalue weighted by Crippen LogP contribution is -2.28. The Balaban J connectivity index is 1.35. The van der Waals surface area contributed by atoms with Crippen molar-refractivity contribution in [1.82, 2.24) is 20.1 Å². The third-order valence-electron chi connectivity index (χ3n) is 5.32. The molecule has 4 rings (SSSR count). The summed E-state index contributed by atoms with van der Waals surface area (Å²) in [6, 6.07) is 21.2. The Labute approximate surface area is 212 Å². The van der Waals surface area contributed by atoms with E-state index in [0.29, 0.717) is 29.1 Å². The zero-order valence-corrected chi connectivity index (χ0v) is 20.4. The van der Waals surface area contributed by atoms with E-state index < -0.39 is 6.36 Å². The molecule has 0 amide bonds. The first-order valence-corrected chi connectivity index (χ1v) is 11.6. The molecule has 0 saturated carbocycles. The van der Waals surface area contributed by atoms with Gasteiger partial charge < -0.3 is 15.4 Å². The Morgan fingerprint density at radius 2 is 1.69 bits per heavy atom. The van der Waals surface area contributed by atoms with E-state index in [1.807, 2.05) is 42.5 Å².